The van der Waals surface area contributed by atoms with E-state index in [4.69, 9.17) is 23.2 Å². The van der Waals surface area contributed by atoms with Gasteiger partial charge >= 0.3 is 0 Å². The fourth-order valence-electron chi connectivity index (χ4n) is 2.95. The normalized spacial score (nSPS) is 11.0. The molecule has 0 amide bonds. The number of halogens is 2. The average Bonchev–Trinajstić information content (AvgIpc) is 2.95. The van der Waals surface area contributed by atoms with Crippen LogP contribution in [0.4, 0.5) is 0 Å². The number of H-pyrrole nitrogens is 1. The molecule has 4 aromatic rings. The lowest BCUT2D eigenvalue weighted by atomic mass is 9.98. The molecule has 4 rings (SSSR count). The van der Waals surface area contributed by atoms with Crippen molar-refractivity contribution in [2.75, 3.05) is 0 Å². The summed E-state index contributed by atoms with van der Waals surface area (Å²) >= 11 is 12.9. The van der Waals surface area contributed by atoms with Crippen LogP contribution in [0.15, 0.2) is 72.8 Å². The average molecular weight is 338 g/mol. The molecule has 0 bridgehead atoms. The maximum atomic E-state index is 6.47. The van der Waals surface area contributed by atoms with Gasteiger partial charge in [-0.15, -0.1) is 0 Å². The zero-order valence-corrected chi connectivity index (χ0v) is 13.7. The SMILES string of the molecule is Clc1ccccc1-c1[nH]c2ccccc2c1-c1ccccc1Cl. The highest BCUT2D eigenvalue weighted by Crippen LogP contribution is 2.42. The van der Waals surface area contributed by atoms with Crippen molar-refractivity contribution in [3.63, 3.8) is 0 Å². The molecule has 1 nitrogen and oxygen atoms in total. The third-order valence-corrected chi connectivity index (χ3v) is 4.65. The molecule has 0 atom stereocenters. The maximum absolute atomic E-state index is 6.47. The van der Waals surface area contributed by atoms with Crippen LogP contribution in [0.2, 0.25) is 10.0 Å². The van der Waals surface area contributed by atoms with E-state index in [1.54, 1.807) is 0 Å². The highest BCUT2D eigenvalue weighted by molar-refractivity contribution is 6.35. The summed E-state index contributed by atoms with van der Waals surface area (Å²) in [4.78, 5) is 3.50. The lowest BCUT2D eigenvalue weighted by Crippen LogP contribution is -1.85. The lowest BCUT2D eigenvalue weighted by Gasteiger charge is -2.09. The predicted octanol–water partition coefficient (Wildman–Crippen LogP) is 6.81. The maximum Gasteiger partial charge on any atom is 0.0560 e. The van der Waals surface area contributed by atoms with Crippen molar-refractivity contribution in [1.29, 1.82) is 0 Å². The van der Waals surface area contributed by atoms with E-state index in [1.165, 1.54) is 0 Å². The van der Waals surface area contributed by atoms with Crippen LogP contribution in [0.3, 0.4) is 0 Å². The molecular weight excluding hydrogens is 325 g/mol. The van der Waals surface area contributed by atoms with Gasteiger partial charge in [-0.3, -0.25) is 0 Å². The summed E-state index contributed by atoms with van der Waals surface area (Å²) < 4.78 is 0. The van der Waals surface area contributed by atoms with Crippen LogP contribution in [0.25, 0.3) is 33.3 Å². The molecule has 1 heterocycles. The van der Waals surface area contributed by atoms with Crippen LogP contribution in [-0.4, -0.2) is 4.98 Å². The van der Waals surface area contributed by atoms with E-state index in [0.717, 1.165) is 38.3 Å². The van der Waals surface area contributed by atoms with Gasteiger partial charge in [-0.2, -0.15) is 0 Å². The molecule has 0 radical (unpaired) electrons. The first-order valence-corrected chi connectivity index (χ1v) is 8.12. The molecule has 0 saturated heterocycles. The van der Waals surface area contributed by atoms with E-state index in [1.807, 2.05) is 60.7 Å². The van der Waals surface area contributed by atoms with E-state index in [2.05, 4.69) is 17.1 Å². The van der Waals surface area contributed by atoms with Crippen LogP contribution < -0.4 is 0 Å². The number of fused-ring (bicyclic) bond motifs is 1. The summed E-state index contributed by atoms with van der Waals surface area (Å²) in [6.45, 7) is 0. The van der Waals surface area contributed by atoms with Gasteiger partial charge in [0.15, 0.2) is 0 Å². The van der Waals surface area contributed by atoms with Gasteiger partial charge in [-0.05, 0) is 18.2 Å². The first-order valence-electron chi connectivity index (χ1n) is 7.36. The van der Waals surface area contributed by atoms with Crippen molar-refractivity contribution in [2.45, 2.75) is 0 Å². The van der Waals surface area contributed by atoms with Gasteiger partial charge in [0.2, 0.25) is 0 Å². The van der Waals surface area contributed by atoms with E-state index in [-0.39, 0.29) is 0 Å². The monoisotopic (exact) mass is 337 g/mol. The van der Waals surface area contributed by atoms with E-state index < -0.39 is 0 Å². The number of hydrogen-bond donors (Lipinski definition) is 1. The fraction of sp³-hybridized carbons (Fsp3) is 0. The van der Waals surface area contributed by atoms with Gasteiger partial charge in [0, 0.05) is 37.6 Å². The summed E-state index contributed by atoms with van der Waals surface area (Å²) in [5.41, 5.74) is 5.11. The minimum atomic E-state index is 0.715. The summed E-state index contributed by atoms with van der Waals surface area (Å²) in [7, 11) is 0. The molecule has 0 aliphatic heterocycles. The number of benzene rings is 3. The molecule has 0 spiro atoms. The first-order chi connectivity index (χ1) is 11.3. The zero-order chi connectivity index (χ0) is 15.8. The molecule has 0 unspecified atom stereocenters. The minimum absolute atomic E-state index is 0.715. The fourth-order valence-corrected chi connectivity index (χ4v) is 3.41. The second kappa shape index (κ2) is 5.77. The molecule has 0 aliphatic carbocycles. The topological polar surface area (TPSA) is 15.8 Å². The lowest BCUT2D eigenvalue weighted by molar-refractivity contribution is 1.45. The Kier molecular flexibility index (Phi) is 3.60. The summed E-state index contributed by atoms with van der Waals surface area (Å²) in [6.07, 6.45) is 0. The Labute approximate surface area is 144 Å². The van der Waals surface area contributed by atoms with Gasteiger partial charge in [-0.25, -0.2) is 0 Å². The smallest absolute Gasteiger partial charge is 0.0560 e. The number of rotatable bonds is 2. The minimum Gasteiger partial charge on any atom is -0.354 e. The number of nitrogens with one attached hydrogen (secondary N) is 1. The Balaban J connectivity index is 2.12. The van der Waals surface area contributed by atoms with Crippen molar-refractivity contribution in [1.82, 2.24) is 4.98 Å². The van der Waals surface area contributed by atoms with Crippen LogP contribution in [-0.2, 0) is 0 Å². The molecule has 0 aliphatic rings. The van der Waals surface area contributed by atoms with Gasteiger partial charge < -0.3 is 4.98 Å². The third-order valence-electron chi connectivity index (χ3n) is 3.99. The van der Waals surface area contributed by atoms with Crippen LogP contribution >= 0.6 is 23.2 Å². The first kappa shape index (κ1) is 14.4. The Hall–Kier alpha value is -2.22. The molecule has 23 heavy (non-hydrogen) atoms. The Morgan fingerprint density at radius 3 is 1.87 bits per heavy atom. The van der Waals surface area contributed by atoms with Gasteiger partial charge in [-0.1, -0.05) is 77.8 Å². The molecular formula is C20H13Cl2N. The zero-order valence-electron chi connectivity index (χ0n) is 12.2. The number of aromatic amines is 1. The van der Waals surface area contributed by atoms with Gasteiger partial charge in [0.05, 0.1) is 5.69 Å². The third kappa shape index (κ3) is 2.42. The van der Waals surface area contributed by atoms with Crippen molar-refractivity contribution in [3.05, 3.63) is 82.8 Å². The summed E-state index contributed by atoms with van der Waals surface area (Å²) in [5, 5.41) is 2.58. The molecule has 1 aromatic heterocycles. The Morgan fingerprint density at radius 2 is 1.17 bits per heavy atom. The van der Waals surface area contributed by atoms with Crippen molar-refractivity contribution in [2.24, 2.45) is 0 Å². The molecule has 0 saturated carbocycles. The van der Waals surface area contributed by atoms with Crippen LogP contribution in [0.5, 0.6) is 0 Å². The van der Waals surface area contributed by atoms with Crippen molar-refractivity contribution >= 4 is 34.1 Å². The van der Waals surface area contributed by atoms with E-state index in [9.17, 15) is 0 Å². The summed E-state index contributed by atoms with van der Waals surface area (Å²) in [5.74, 6) is 0. The highest BCUT2D eigenvalue weighted by atomic mass is 35.5. The van der Waals surface area contributed by atoms with E-state index in [0.29, 0.717) is 5.02 Å². The molecule has 3 heteroatoms. The van der Waals surface area contributed by atoms with Crippen molar-refractivity contribution < 1.29 is 0 Å². The standard InChI is InChI=1S/C20H13Cl2N/c21-16-10-4-1-7-13(16)19-15-9-3-6-12-18(15)23-20(19)14-8-2-5-11-17(14)22/h1-12,23H. The highest BCUT2D eigenvalue weighted by Gasteiger charge is 2.18. The van der Waals surface area contributed by atoms with Crippen molar-refractivity contribution in [3.8, 4) is 22.4 Å². The Morgan fingerprint density at radius 1 is 0.609 bits per heavy atom. The summed E-state index contributed by atoms with van der Waals surface area (Å²) in [6, 6.07) is 24.0. The number of para-hydroxylation sites is 1. The van der Waals surface area contributed by atoms with Crippen LogP contribution in [0, 0.1) is 0 Å². The number of hydrogen-bond acceptors (Lipinski definition) is 0. The predicted molar refractivity (Wildman–Crippen MR) is 99.2 cm³/mol. The Bertz CT molecular complexity index is 1000. The van der Waals surface area contributed by atoms with Gasteiger partial charge in [0.1, 0.15) is 0 Å². The number of aromatic nitrogens is 1. The molecule has 112 valence electrons. The van der Waals surface area contributed by atoms with Gasteiger partial charge in [0.25, 0.3) is 0 Å². The molecule has 0 fully saturated rings. The molecule has 3 aromatic carbocycles. The molecule has 1 N–H and O–H groups in total. The quantitative estimate of drug-likeness (QED) is 0.413. The van der Waals surface area contributed by atoms with E-state index >= 15 is 0 Å². The largest absolute Gasteiger partial charge is 0.354 e. The second-order valence-corrected chi connectivity index (χ2v) is 6.19. The second-order valence-electron chi connectivity index (χ2n) is 5.38. The van der Waals surface area contributed by atoms with Crippen LogP contribution in [0.1, 0.15) is 0 Å².